The first-order valence-corrected chi connectivity index (χ1v) is 5.47. The van der Waals surface area contributed by atoms with Crippen molar-refractivity contribution in [3.05, 3.63) is 0 Å². The van der Waals surface area contributed by atoms with Crippen LogP contribution in [0.25, 0.3) is 0 Å². The van der Waals surface area contributed by atoms with E-state index in [-0.39, 0.29) is 6.61 Å². The van der Waals surface area contributed by atoms with Gasteiger partial charge in [0, 0.05) is 12.6 Å². The molecule has 0 bridgehead atoms. The summed E-state index contributed by atoms with van der Waals surface area (Å²) in [6.07, 6.45) is 0.931. The summed E-state index contributed by atoms with van der Waals surface area (Å²) in [6, 6.07) is -0.768. The highest BCUT2D eigenvalue weighted by molar-refractivity contribution is 7.90. The first kappa shape index (κ1) is 11.7. The van der Waals surface area contributed by atoms with Crippen LogP contribution in [0.15, 0.2) is 0 Å². The average Bonchev–Trinajstić information content (AvgIpc) is 2.03. The Labute approximate surface area is 79.5 Å². The quantitative estimate of drug-likeness (QED) is 0.760. The van der Waals surface area contributed by atoms with Crippen molar-refractivity contribution in [2.24, 2.45) is 0 Å². The van der Waals surface area contributed by atoms with Crippen LogP contribution in [0.3, 0.4) is 0 Å². The van der Waals surface area contributed by atoms with Gasteiger partial charge in [0.25, 0.3) is 0 Å². The first-order valence-electron chi connectivity index (χ1n) is 3.99. The van der Waals surface area contributed by atoms with Crippen LogP contribution >= 0.6 is 0 Å². The van der Waals surface area contributed by atoms with Crippen molar-refractivity contribution in [2.45, 2.75) is 24.4 Å². The summed E-state index contributed by atoms with van der Waals surface area (Å²) >= 11 is 0. The Hall–Kier alpha value is -0.340. The van der Waals surface area contributed by atoms with Crippen molar-refractivity contribution < 1.29 is 26.3 Å². The number of alkyl halides is 3. The van der Waals surface area contributed by atoms with Gasteiger partial charge in [-0.25, -0.2) is 13.1 Å². The zero-order chi connectivity index (χ0) is 10.8. The Balaban J connectivity index is 2.58. The molecule has 1 atom stereocenters. The highest BCUT2D eigenvalue weighted by Gasteiger charge is 2.46. The second-order valence-corrected chi connectivity index (χ2v) is 4.69. The maximum absolute atomic E-state index is 11.9. The minimum absolute atomic E-state index is 0.00465. The molecule has 1 saturated heterocycles. The maximum Gasteiger partial charge on any atom is 0.511 e. The Morgan fingerprint density at radius 3 is 2.43 bits per heavy atom. The van der Waals surface area contributed by atoms with Gasteiger partial charge in [-0.2, -0.15) is 13.2 Å². The molecule has 1 unspecified atom stereocenters. The fourth-order valence-corrected chi connectivity index (χ4v) is 1.88. The smallest absolute Gasteiger partial charge is 0.380 e. The monoisotopic (exact) mass is 233 g/mol. The Morgan fingerprint density at radius 1 is 1.36 bits per heavy atom. The Bertz CT molecular complexity index is 281. The molecule has 0 spiro atoms. The molecule has 0 radical (unpaired) electrons. The Morgan fingerprint density at radius 2 is 2.00 bits per heavy atom. The number of halogens is 3. The highest BCUT2D eigenvalue weighted by Crippen LogP contribution is 2.22. The molecule has 4 nitrogen and oxygen atoms in total. The maximum atomic E-state index is 11.9. The third-order valence-corrected chi connectivity index (χ3v) is 3.04. The molecule has 1 fully saturated rings. The lowest BCUT2D eigenvalue weighted by Gasteiger charge is -2.23. The number of ether oxygens (including phenoxy) is 1. The van der Waals surface area contributed by atoms with Gasteiger partial charge in [0.15, 0.2) is 0 Å². The van der Waals surface area contributed by atoms with Gasteiger partial charge in [-0.05, 0) is 12.8 Å². The van der Waals surface area contributed by atoms with Gasteiger partial charge in [0.05, 0.1) is 6.61 Å². The number of nitrogens with one attached hydrogen (secondary N) is 1. The molecule has 84 valence electrons. The Kier molecular flexibility index (Phi) is 3.38. The molecular formula is C6H10F3NO3S. The van der Waals surface area contributed by atoms with E-state index in [9.17, 15) is 21.6 Å². The average molecular weight is 233 g/mol. The summed E-state index contributed by atoms with van der Waals surface area (Å²) in [7, 11) is -5.23. The van der Waals surface area contributed by atoms with E-state index in [0.717, 1.165) is 0 Å². The molecule has 0 aromatic rings. The van der Waals surface area contributed by atoms with E-state index < -0.39 is 21.6 Å². The van der Waals surface area contributed by atoms with Gasteiger partial charge in [0.2, 0.25) is 0 Å². The summed E-state index contributed by atoms with van der Waals surface area (Å²) < 4.78 is 63.4. The van der Waals surface area contributed by atoms with Gasteiger partial charge in [-0.15, -0.1) is 0 Å². The molecule has 0 saturated carbocycles. The number of hydrogen-bond donors (Lipinski definition) is 1. The highest BCUT2D eigenvalue weighted by atomic mass is 32.2. The summed E-state index contributed by atoms with van der Waals surface area (Å²) in [5.41, 5.74) is -5.25. The normalized spacial score (nSPS) is 24.9. The van der Waals surface area contributed by atoms with E-state index in [0.29, 0.717) is 19.4 Å². The number of hydrogen-bond acceptors (Lipinski definition) is 3. The van der Waals surface area contributed by atoms with Gasteiger partial charge < -0.3 is 4.74 Å². The summed E-state index contributed by atoms with van der Waals surface area (Å²) in [5.74, 6) is 0. The minimum Gasteiger partial charge on any atom is -0.380 e. The van der Waals surface area contributed by atoms with Crippen LogP contribution in [0.2, 0.25) is 0 Å². The van der Waals surface area contributed by atoms with Gasteiger partial charge >= 0.3 is 15.5 Å². The van der Waals surface area contributed by atoms with Crippen LogP contribution in [-0.2, 0) is 14.8 Å². The molecule has 0 aromatic carbocycles. The molecule has 14 heavy (non-hydrogen) atoms. The molecule has 1 aliphatic heterocycles. The molecule has 0 amide bonds. The first-order chi connectivity index (χ1) is 6.33. The molecular weight excluding hydrogens is 223 g/mol. The van der Waals surface area contributed by atoms with Crippen molar-refractivity contribution in [3.63, 3.8) is 0 Å². The van der Waals surface area contributed by atoms with Crippen LogP contribution in [0.1, 0.15) is 12.8 Å². The number of rotatable bonds is 2. The third kappa shape index (κ3) is 2.82. The van der Waals surface area contributed by atoms with Crippen molar-refractivity contribution in [3.8, 4) is 0 Å². The van der Waals surface area contributed by atoms with Crippen LogP contribution in [-0.4, -0.2) is 33.2 Å². The molecule has 1 rings (SSSR count). The predicted molar refractivity (Wildman–Crippen MR) is 42.0 cm³/mol. The van der Waals surface area contributed by atoms with Crippen LogP contribution in [0.5, 0.6) is 0 Å². The molecule has 1 aliphatic rings. The summed E-state index contributed by atoms with van der Waals surface area (Å²) in [5, 5.41) is 0. The van der Waals surface area contributed by atoms with Crippen molar-refractivity contribution in [1.29, 1.82) is 0 Å². The van der Waals surface area contributed by atoms with Gasteiger partial charge in [0.1, 0.15) is 0 Å². The zero-order valence-electron chi connectivity index (χ0n) is 7.17. The van der Waals surface area contributed by atoms with Crippen molar-refractivity contribution in [2.75, 3.05) is 13.2 Å². The van der Waals surface area contributed by atoms with E-state index >= 15 is 0 Å². The lowest BCUT2D eigenvalue weighted by molar-refractivity contribution is -0.0457. The minimum atomic E-state index is -5.25. The molecule has 0 aromatic heterocycles. The molecule has 8 heteroatoms. The van der Waals surface area contributed by atoms with Gasteiger partial charge in [-0.1, -0.05) is 0 Å². The predicted octanol–water partition coefficient (Wildman–Crippen LogP) is 0.605. The van der Waals surface area contributed by atoms with Crippen molar-refractivity contribution >= 4 is 10.0 Å². The van der Waals surface area contributed by atoms with E-state index in [1.807, 2.05) is 0 Å². The zero-order valence-corrected chi connectivity index (χ0v) is 7.99. The van der Waals surface area contributed by atoms with Crippen molar-refractivity contribution in [1.82, 2.24) is 4.72 Å². The molecule has 1 N–H and O–H groups in total. The SMILES string of the molecule is O=S(=O)(NC1CCCOC1)C(F)(F)F. The third-order valence-electron chi connectivity index (χ3n) is 1.79. The second kappa shape index (κ2) is 4.03. The summed E-state index contributed by atoms with van der Waals surface area (Å²) in [4.78, 5) is 0. The van der Waals surface area contributed by atoms with E-state index in [1.54, 1.807) is 4.72 Å². The lowest BCUT2D eigenvalue weighted by Crippen LogP contribution is -2.46. The fourth-order valence-electron chi connectivity index (χ4n) is 1.12. The topological polar surface area (TPSA) is 55.4 Å². The van der Waals surface area contributed by atoms with Gasteiger partial charge in [-0.3, -0.25) is 0 Å². The van der Waals surface area contributed by atoms with Crippen LogP contribution in [0.4, 0.5) is 13.2 Å². The largest absolute Gasteiger partial charge is 0.511 e. The van der Waals surface area contributed by atoms with E-state index in [4.69, 9.17) is 4.74 Å². The van der Waals surface area contributed by atoms with E-state index in [2.05, 4.69) is 0 Å². The fraction of sp³-hybridized carbons (Fsp3) is 1.00. The molecule has 1 heterocycles. The van der Waals surface area contributed by atoms with Crippen LogP contribution in [0, 0.1) is 0 Å². The molecule has 0 aliphatic carbocycles. The number of sulfonamides is 1. The second-order valence-electron chi connectivity index (χ2n) is 2.98. The lowest BCUT2D eigenvalue weighted by atomic mass is 10.1. The standard InChI is InChI=1S/C6H10F3NO3S/c7-6(8,9)14(11,12)10-5-2-1-3-13-4-5/h5,10H,1-4H2. The van der Waals surface area contributed by atoms with E-state index in [1.165, 1.54) is 0 Å². The van der Waals surface area contributed by atoms with Crippen LogP contribution < -0.4 is 4.72 Å². The summed E-state index contributed by atoms with van der Waals surface area (Å²) in [6.45, 7) is 0.458.